The minimum absolute atomic E-state index is 0.00986. The van der Waals surface area contributed by atoms with Gasteiger partial charge in [-0.1, -0.05) is 12.1 Å². The van der Waals surface area contributed by atoms with Crippen LogP contribution < -0.4 is 21.2 Å². The first-order chi connectivity index (χ1) is 32.2. The van der Waals surface area contributed by atoms with Gasteiger partial charge in [0.1, 0.15) is 17.4 Å². The monoisotopic (exact) mass is 924 g/mol. The molecule has 5 fully saturated rings. The number of amides is 4. The van der Waals surface area contributed by atoms with Gasteiger partial charge in [0.05, 0.1) is 41.2 Å². The second-order valence-corrected chi connectivity index (χ2v) is 19.5. The van der Waals surface area contributed by atoms with Gasteiger partial charge in [0, 0.05) is 71.0 Å². The Labute approximate surface area is 385 Å². The number of hydrogen-bond donors (Lipinski definition) is 2. The highest BCUT2D eigenvalue weighted by Gasteiger charge is 2.46. The highest BCUT2D eigenvalue weighted by Crippen LogP contribution is 2.42. The van der Waals surface area contributed by atoms with Crippen molar-refractivity contribution < 1.29 is 32.7 Å². The van der Waals surface area contributed by atoms with Crippen molar-refractivity contribution in [3.05, 3.63) is 70.2 Å². The van der Waals surface area contributed by atoms with Gasteiger partial charge in [-0.05, 0) is 101 Å². The average Bonchev–Trinajstić information content (AvgIpc) is 4.00. The quantitative estimate of drug-likeness (QED) is 0.176. The number of benzene rings is 1. The molecule has 0 bridgehead atoms. The summed E-state index contributed by atoms with van der Waals surface area (Å²) in [5.74, 6) is -0.657. The van der Waals surface area contributed by atoms with Gasteiger partial charge < -0.3 is 24.8 Å². The van der Waals surface area contributed by atoms with Crippen LogP contribution in [0.1, 0.15) is 112 Å². The summed E-state index contributed by atoms with van der Waals surface area (Å²) >= 11 is 0. The van der Waals surface area contributed by atoms with E-state index < -0.39 is 30.0 Å². The third-order valence-electron chi connectivity index (χ3n) is 14.9. The fourth-order valence-electron chi connectivity index (χ4n) is 11.5. The number of ether oxygens (including phenoxy) is 1. The van der Waals surface area contributed by atoms with Crippen LogP contribution in [0.2, 0.25) is 0 Å². The van der Waals surface area contributed by atoms with Gasteiger partial charge in [0.15, 0.2) is 11.3 Å². The molecule has 8 heterocycles. The summed E-state index contributed by atoms with van der Waals surface area (Å²) in [6.45, 7) is 9.62. The number of nitrogens with zero attached hydrogens (tertiary/aromatic N) is 10. The zero-order valence-corrected chi connectivity index (χ0v) is 38.2. The number of imide groups is 1. The van der Waals surface area contributed by atoms with Crippen LogP contribution in [-0.4, -0.2) is 125 Å². The van der Waals surface area contributed by atoms with Gasteiger partial charge in [-0.15, -0.1) is 0 Å². The molecule has 1 saturated carbocycles. The van der Waals surface area contributed by atoms with Crippen molar-refractivity contribution >= 4 is 51.8 Å². The van der Waals surface area contributed by atoms with Gasteiger partial charge in [-0.3, -0.25) is 38.3 Å². The Bertz CT molecular complexity index is 2760. The number of imidazole rings is 1. The average molecular weight is 925 g/mol. The summed E-state index contributed by atoms with van der Waals surface area (Å²) in [5.41, 5.74) is 2.42. The third kappa shape index (κ3) is 8.62. The number of para-hydroxylation sites is 1. The maximum absolute atomic E-state index is 14.4. The van der Waals surface area contributed by atoms with Crippen LogP contribution in [0, 0.1) is 11.3 Å². The molecule has 5 aliphatic rings. The van der Waals surface area contributed by atoms with Gasteiger partial charge in [-0.25, -0.2) is 23.1 Å². The van der Waals surface area contributed by atoms with Crippen molar-refractivity contribution in [3.8, 4) is 0 Å². The number of anilines is 2. The Balaban J connectivity index is 0.694. The molecule has 4 aliphatic heterocycles. The number of piperidine rings is 2. The highest BCUT2D eigenvalue weighted by molar-refractivity contribution is 6.08. The SMILES string of the molecule is C[C@@H]1CN(c2ccn3ncc(C(=O)Nc4cn([C@H]5CC[C@H](C(=O)N6CCC7(CC6)CN(CCCc6cccc8c6n(C)c(=O)n8C6CCC(=O)NC6=O)C7)CC5)nc4C(F)F)c3n2)C[C@H](C)O1. The maximum Gasteiger partial charge on any atom is 0.329 e. The van der Waals surface area contributed by atoms with Crippen LogP contribution in [0.15, 0.2) is 47.7 Å². The van der Waals surface area contributed by atoms with Gasteiger partial charge in [0.2, 0.25) is 17.7 Å². The summed E-state index contributed by atoms with van der Waals surface area (Å²) in [6, 6.07) is 6.76. The molecule has 0 radical (unpaired) electrons. The first kappa shape index (κ1) is 44.8. The van der Waals surface area contributed by atoms with Crippen molar-refractivity contribution in [3.63, 3.8) is 0 Å². The number of aromatic nitrogens is 7. The van der Waals surface area contributed by atoms with E-state index in [1.165, 1.54) is 26.2 Å². The van der Waals surface area contributed by atoms with Crippen molar-refractivity contribution in [2.75, 3.05) is 56.0 Å². The molecular formula is C47H58F2N12O6. The van der Waals surface area contributed by atoms with E-state index in [0.717, 1.165) is 69.5 Å². The molecular weight excluding hydrogens is 867 g/mol. The third-order valence-corrected chi connectivity index (χ3v) is 14.9. The smallest absolute Gasteiger partial charge is 0.329 e. The number of aryl methyl sites for hydroxylation is 2. The van der Waals surface area contributed by atoms with Crippen LogP contribution >= 0.6 is 0 Å². The standard InChI is InChI=1S/C47H58F2N12O6/c1-28-23-58(24-29(2)67-28)37-15-19-59-42(52-37)33(22-50-59)43(63)51-34-25-60(54-39(34)41(48)49)32-11-9-31(10-12-32)45(65)57-20-16-47(17-21-57)26-56(27-47)18-5-7-30-6-4-8-35-40(30)55(3)46(66)61(35)36-13-14-38(62)53-44(36)64/h4,6,8,15,19,22,25,28-29,31-32,36,41H,5,7,9-14,16-18,20-21,23-24,26-27H2,1-3H3,(H,51,63)(H,53,62,64)/t28-,29+,31-,32-,36?. The molecule has 4 aromatic heterocycles. The molecule has 356 valence electrons. The number of morpholine rings is 1. The largest absolute Gasteiger partial charge is 0.372 e. The van der Waals surface area contributed by atoms with E-state index in [-0.39, 0.29) is 64.8 Å². The molecule has 4 saturated heterocycles. The second-order valence-electron chi connectivity index (χ2n) is 19.5. The molecule has 1 aliphatic carbocycles. The van der Waals surface area contributed by atoms with Crippen LogP contribution in [-0.2, 0) is 32.6 Å². The van der Waals surface area contributed by atoms with Crippen LogP contribution in [0.3, 0.4) is 0 Å². The summed E-state index contributed by atoms with van der Waals surface area (Å²) in [4.78, 5) is 76.5. The zero-order chi connectivity index (χ0) is 46.7. The summed E-state index contributed by atoms with van der Waals surface area (Å²) < 4.78 is 40.7. The number of nitrogens with one attached hydrogen (secondary N) is 2. The number of hydrogen-bond acceptors (Lipinski definition) is 11. The van der Waals surface area contributed by atoms with Gasteiger partial charge in [0.25, 0.3) is 12.3 Å². The Kier molecular flexibility index (Phi) is 12.0. The minimum Gasteiger partial charge on any atom is -0.372 e. The molecule has 4 amide bonds. The van der Waals surface area contributed by atoms with E-state index in [1.807, 2.05) is 43.0 Å². The van der Waals surface area contributed by atoms with E-state index in [4.69, 9.17) is 9.72 Å². The lowest BCUT2D eigenvalue weighted by Crippen LogP contribution is -2.61. The minimum atomic E-state index is -2.91. The van der Waals surface area contributed by atoms with E-state index in [1.54, 1.807) is 17.8 Å². The van der Waals surface area contributed by atoms with Crippen molar-refractivity contribution in [2.24, 2.45) is 18.4 Å². The lowest BCUT2D eigenvalue weighted by Gasteiger charge is -2.54. The first-order valence-corrected chi connectivity index (χ1v) is 23.7. The summed E-state index contributed by atoms with van der Waals surface area (Å²) in [5, 5.41) is 13.6. The molecule has 20 heteroatoms. The predicted octanol–water partition coefficient (Wildman–Crippen LogP) is 4.65. The Morgan fingerprint density at radius 3 is 2.46 bits per heavy atom. The number of carbonyl (C=O) groups excluding carboxylic acids is 4. The number of rotatable bonds is 11. The number of halogens is 2. The van der Waals surface area contributed by atoms with Crippen LogP contribution in [0.5, 0.6) is 0 Å². The van der Waals surface area contributed by atoms with Crippen LogP contribution in [0.4, 0.5) is 20.3 Å². The molecule has 1 spiro atoms. The highest BCUT2D eigenvalue weighted by atomic mass is 19.3. The van der Waals surface area contributed by atoms with Crippen molar-refractivity contribution in [1.29, 1.82) is 0 Å². The second kappa shape index (κ2) is 17.9. The lowest BCUT2D eigenvalue weighted by molar-refractivity contribution is -0.142. The maximum atomic E-state index is 14.4. The number of carbonyl (C=O) groups is 4. The molecule has 67 heavy (non-hydrogen) atoms. The Morgan fingerprint density at radius 2 is 1.75 bits per heavy atom. The zero-order valence-electron chi connectivity index (χ0n) is 38.2. The Morgan fingerprint density at radius 1 is 1.00 bits per heavy atom. The first-order valence-electron chi connectivity index (χ1n) is 23.7. The molecule has 3 atom stereocenters. The van der Waals surface area contributed by atoms with E-state index in [2.05, 4.69) is 30.6 Å². The molecule has 5 aromatic rings. The molecule has 18 nitrogen and oxygen atoms in total. The molecule has 10 rings (SSSR count). The van der Waals surface area contributed by atoms with E-state index in [9.17, 15) is 32.8 Å². The normalized spacial score (nSPS) is 24.7. The van der Waals surface area contributed by atoms with E-state index >= 15 is 0 Å². The number of fused-ring (bicyclic) bond motifs is 2. The summed E-state index contributed by atoms with van der Waals surface area (Å²) in [6.07, 6.45) is 8.27. The number of likely N-dealkylation sites (tertiary alicyclic amines) is 2. The lowest BCUT2D eigenvalue weighted by atomic mass is 9.71. The molecule has 1 aromatic carbocycles. The Hall–Kier alpha value is -6.02. The number of alkyl halides is 2. The topological polar surface area (TPSA) is 186 Å². The fourth-order valence-corrected chi connectivity index (χ4v) is 11.5. The van der Waals surface area contributed by atoms with E-state index in [0.29, 0.717) is 62.2 Å². The van der Waals surface area contributed by atoms with Crippen molar-refractivity contribution in [1.82, 2.24) is 48.6 Å². The molecule has 1 unspecified atom stereocenters. The van der Waals surface area contributed by atoms with Gasteiger partial charge in [-0.2, -0.15) is 10.2 Å². The van der Waals surface area contributed by atoms with Crippen molar-refractivity contribution in [2.45, 2.75) is 109 Å². The van der Waals surface area contributed by atoms with Gasteiger partial charge >= 0.3 is 5.69 Å². The molecule has 2 N–H and O–H groups in total. The fraction of sp³-hybridized carbons (Fsp3) is 0.574. The summed E-state index contributed by atoms with van der Waals surface area (Å²) in [7, 11) is 1.73. The van der Waals surface area contributed by atoms with Crippen LogP contribution in [0.25, 0.3) is 16.7 Å². The predicted molar refractivity (Wildman–Crippen MR) is 243 cm³/mol.